The summed E-state index contributed by atoms with van der Waals surface area (Å²) in [5, 5.41) is 14.1. The summed E-state index contributed by atoms with van der Waals surface area (Å²) < 4.78 is 22.4. The maximum absolute atomic E-state index is 15.4. The molecule has 0 aliphatic carbocycles. The number of imidazole rings is 1. The minimum Gasteiger partial charge on any atom is -0.383 e. The van der Waals surface area contributed by atoms with Crippen LogP contribution in [0.15, 0.2) is 42.6 Å². The summed E-state index contributed by atoms with van der Waals surface area (Å²) in [4.78, 5) is 30.1. The predicted octanol–water partition coefficient (Wildman–Crippen LogP) is 4.89. The number of piperazine rings is 1. The molecule has 0 saturated carbocycles. The Bertz CT molecular complexity index is 1650. The van der Waals surface area contributed by atoms with Crippen LogP contribution >= 0.6 is 11.6 Å². The first-order valence-electron chi connectivity index (χ1n) is 14.0. The van der Waals surface area contributed by atoms with E-state index in [1.165, 1.54) is 12.3 Å². The zero-order valence-electron chi connectivity index (χ0n) is 23.9. The van der Waals surface area contributed by atoms with E-state index >= 15 is 4.39 Å². The van der Waals surface area contributed by atoms with Crippen LogP contribution in [0.2, 0.25) is 5.02 Å². The number of aliphatic hydroxyl groups is 1. The van der Waals surface area contributed by atoms with Crippen LogP contribution in [0.25, 0.3) is 22.3 Å². The topological polar surface area (TPSA) is 109 Å². The Labute approximate surface area is 248 Å². The Morgan fingerprint density at radius 3 is 2.50 bits per heavy atom. The molecule has 2 fully saturated rings. The van der Waals surface area contributed by atoms with Crippen molar-refractivity contribution in [1.29, 1.82) is 0 Å². The van der Waals surface area contributed by atoms with E-state index in [1.54, 1.807) is 24.8 Å². The van der Waals surface area contributed by atoms with Crippen molar-refractivity contribution in [3.63, 3.8) is 0 Å². The summed E-state index contributed by atoms with van der Waals surface area (Å²) >= 11 is 6.50. The fourth-order valence-electron chi connectivity index (χ4n) is 5.44. The van der Waals surface area contributed by atoms with Gasteiger partial charge in [-0.3, -0.25) is 9.69 Å². The molecule has 2 aliphatic heterocycles. The molecule has 4 aromatic rings. The van der Waals surface area contributed by atoms with Gasteiger partial charge in [0.15, 0.2) is 5.82 Å². The van der Waals surface area contributed by atoms with Crippen LogP contribution in [-0.2, 0) is 15.1 Å². The van der Waals surface area contributed by atoms with Gasteiger partial charge < -0.3 is 24.6 Å². The molecule has 2 aromatic carbocycles. The molecular formula is C30H33ClFN7O3. The monoisotopic (exact) mass is 593 g/mol. The van der Waals surface area contributed by atoms with Gasteiger partial charge in [-0.05, 0) is 64.1 Å². The minimum atomic E-state index is -1.26. The van der Waals surface area contributed by atoms with E-state index in [-0.39, 0.29) is 28.4 Å². The van der Waals surface area contributed by atoms with Crippen LogP contribution in [0.4, 0.5) is 21.7 Å². The van der Waals surface area contributed by atoms with Gasteiger partial charge in [0.2, 0.25) is 11.9 Å². The molecule has 0 bridgehead atoms. The van der Waals surface area contributed by atoms with Crippen LogP contribution in [-0.4, -0.2) is 74.3 Å². The Kier molecular flexibility index (Phi) is 7.38. The van der Waals surface area contributed by atoms with Gasteiger partial charge in [-0.25, -0.2) is 19.3 Å². The second kappa shape index (κ2) is 10.9. The van der Waals surface area contributed by atoms with Crippen LogP contribution in [0.3, 0.4) is 0 Å². The lowest BCUT2D eigenvalue weighted by Gasteiger charge is -2.42. The molecule has 10 nitrogen and oxygen atoms in total. The van der Waals surface area contributed by atoms with E-state index in [4.69, 9.17) is 16.3 Å². The highest BCUT2D eigenvalue weighted by atomic mass is 35.5. The summed E-state index contributed by atoms with van der Waals surface area (Å²) in [6, 6.07) is 10.9. The molecule has 0 spiro atoms. The molecule has 1 amide bonds. The van der Waals surface area contributed by atoms with Gasteiger partial charge in [-0.15, -0.1) is 0 Å². The van der Waals surface area contributed by atoms with Crippen molar-refractivity contribution in [2.24, 2.45) is 0 Å². The third-order valence-corrected chi connectivity index (χ3v) is 7.93. The van der Waals surface area contributed by atoms with Gasteiger partial charge in [0.05, 0.1) is 48.2 Å². The Balaban J connectivity index is 1.24. The van der Waals surface area contributed by atoms with Crippen LogP contribution in [0.1, 0.15) is 39.6 Å². The van der Waals surface area contributed by atoms with Crippen molar-refractivity contribution in [3.8, 4) is 11.3 Å². The molecule has 2 aliphatic rings. The van der Waals surface area contributed by atoms with E-state index in [2.05, 4.69) is 25.2 Å². The highest BCUT2D eigenvalue weighted by Crippen LogP contribution is 2.35. The second-order valence-corrected chi connectivity index (χ2v) is 12.0. The fraction of sp³-hybridized carbons (Fsp3) is 0.400. The average Bonchev–Trinajstić information content (AvgIpc) is 3.31. The number of halogens is 2. The van der Waals surface area contributed by atoms with E-state index in [1.807, 2.05) is 42.7 Å². The quantitative estimate of drug-likeness (QED) is 0.312. The number of nitrogens with zero attached hydrogens (tertiary/aromatic N) is 6. The highest BCUT2D eigenvalue weighted by molar-refractivity contribution is 6.33. The number of anilines is 3. The van der Waals surface area contributed by atoms with Gasteiger partial charge in [0.1, 0.15) is 16.9 Å². The molecule has 2 saturated heterocycles. The number of rotatable bonds is 7. The van der Waals surface area contributed by atoms with E-state index in [0.717, 1.165) is 17.9 Å². The fourth-order valence-corrected chi connectivity index (χ4v) is 5.64. The lowest BCUT2D eigenvalue weighted by Crippen LogP contribution is -2.58. The molecule has 220 valence electrons. The lowest BCUT2D eigenvalue weighted by atomic mass is 10.1. The largest absolute Gasteiger partial charge is 0.383 e. The summed E-state index contributed by atoms with van der Waals surface area (Å²) in [7, 11) is 0. The van der Waals surface area contributed by atoms with E-state index in [9.17, 15) is 9.90 Å². The average molecular weight is 594 g/mol. The molecule has 6 rings (SSSR count). The van der Waals surface area contributed by atoms with Crippen molar-refractivity contribution < 1.29 is 19.0 Å². The number of carbonyl (C=O) groups excluding carboxylic acids is 1. The maximum Gasteiger partial charge on any atom is 0.241 e. The normalized spacial score (nSPS) is 16.9. The highest BCUT2D eigenvalue weighted by Gasteiger charge is 2.33. The van der Waals surface area contributed by atoms with Crippen molar-refractivity contribution in [3.05, 3.63) is 59.3 Å². The summed E-state index contributed by atoms with van der Waals surface area (Å²) in [6.07, 6.45) is 1.47. The summed E-state index contributed by atoms with van der Waals surface area (Å²) in [5.74, 6) is 0.185. The van der Waals surface area contributed by atoms with Gasteiger partial charge in [0.25, 0.3) is 0 Å². The molecule has 0 atom stereocenters. The third kappa shape index (κ3) is 5.33. The molecule has 4 heterocycles. The van der Waals surface area contributed by atoms with Gasteiger partial charge in [-0.1, -0.05) is 11.6 Å². The van der Waals surface area contributed by atoms with E-state index in [0.29, 0.717) is 54.9 Å². The molecule has 2 aromatic heterocycles. The molecule has 12 heteroatoms. The lowest BCUT2D eigenvalue weighted by molar-refractivity contribution is -0.127. The second-order valence-electron chi connectivity index (χ2n) is 11.6. The first kappa shape index (κ1) is 28.5. The number of carbonyl (C=O) groups is 1. The molecular weight excluding hydrogens is 561 g/mol. The summed E-state index contributed by atoms with van der Waals surface area (Å²) in [5.41, 5.74) is 1.80. The van der Waals surface area contributed by atoms with Crippen LogP contribution in [0.5, 0.6) is 0 Å². The number of nitrogens with one attached hydrogen (secondary N) is 1. The molecule has 0 radical (unpaired) electrons. The predicted molar refractivity (Wildman–Crippen MR) is 160 cm³/mol. The smallest absolute Gasteiger partial charge is 0.241 e. The number of ether oxygens (including phenoxy) is 1. The van der Waals surface area contributed by atoms with Gasteiger partial charge >= 0.3 is 0 Å². The Morgan fingerprint density at radius 1 is 1.14 bits per heavy atom. The maximum atomic E-state index is 15.4. The van der Waals surface area contributed by atoms with Gasteiger partial charge in [0, 0.05) is 36.1 Å². The standard InChI is InChI=1S/C30H33ClFN7O3/c1-17(2)39-24-12-18(11-23(32)27(24)35-28(39)30(3,4)41)26-22(31)13-33-29(36-26)34-19-5-7-20(8-6-19)38-10-9-37(14-25(38)40)21-15-42-16-21/h5-8,11-13,17,21,41H,9-10,14-16H2,1-4H3,(H,33,34,36). The molecule has 0 unspecified atom stereocenters. The number of amides is 1. The first-order chi connectivity index (χ1) is 20.0. The van der Waals surface area contributed by atoms with Crippen LogP contribution in [0, 0.1) is 5.82 Å². The number of benzene rings is 2. The number of aromatic nitrogens is 4. The Hall–Kier alpha value is -3.64. The minimum absolute atomic E-state index is 0.0669. The zero-order valence-corrected chi connectivity index (χ0v) is 24.7. The van der Waals surface area contributed by atoms with Crippen molar-refractivity contribution in [2.45, 2.75) is 45.4 Å². The number of fused-ring (bicyclic) bond motifs is 1. The Morgan fingerprint density at radius 2 is 1.88 bits per heavy atom. The van der Waals surface area contributed by atoms with Gasteiger partial charge in [-0.2, -0.15) is 0 Å². The van der Waals surface area contributed by atoms with Crippen molar-refractivity contribution >= 4 is 45.9 Å². The third-order valence-electron chi connectivity index (χ3n) is 7.65. The van der Waals surface area contributed by atoms with Crippen molar-refractivity contribution in [2.75, 3.05) is 43.1 Å². The van der Waals surface area contributed by atoms with E-state index < -0.39 is 11.4 Å². The number of hydrogen-bond acceptors (Lipinski definition) is 8. The van der Waals surface area contributed by atoms with Crippen molar-refractivity contribution in [1.82, 2.24) is 24.4 Å². The zero-order chi connectivity index (χ0) is 29.8. The SMILES string of the molecule is CC(C)n1c(C(C)(C)O)nc2c(F)cc(-c3nc(Nc4ccc(N5CCN(C6COC6)CC5=O)cc4)ncc3Cl)cc21. The number of hydrogen-bond donors (Lipinski definition) is 2. The molecule has 42 heavy (non-hydrogen) atoms. The first-order valence-corrected chi connectivity index (χ1v) is 14.3. The van der Waals surface area contributed by atoms with Crippen LogP contribution < -0.4 is 10.2 Å². The molecule has 2 N–H and O–H groups in total. The summed E-state index contributed by atoms with van der Waals surface area (Å²) in [6.45, 7) is 10.4.